The summed E-state index contributed by atoms with van der Waals surface area (Å²) in [4.78, 5) is 49.3. The first-order valence-corrected chi connectivity index (χ1v) is 10.6. The van der Waals surface area contributed by atoms with Gasteiger partial charge in [0.2, 0.25) is 22.7 Å². The molecule has 0 fully saturated rings. The van der Waals surface area contributed by atoms with Crippen LogP contribution in [0.4, 0.5) is 0 Å². The number of hydrogen-bond acceptors (Lipinski definition) is 12. The van der Waals surface area contributed by atoms with Crippen LogP contribution in [0.25, 0.3) is 22.3 Å². The lowest BCUT2D eigenvalue weighted by atomic mass is 10.1. The minimum atomic E-state index is -0.871. The normalized spacial score (nSPS) is 10.5. The molecule has 37 heavy (non-hydrogen) atoms. The average Bonchev–Trinajstić information content (AvgIpc) is 2.83. The number of ether oxygens (including phenoxy) is 7. The molecule has 2 aromatic carbocycles. The molecule has 0 atom stereocenters. The highest BCUT2D eigenvalue weighted by atomic mass is 16.6. The number of benzene rings is 2. The summed E-state index contributed by atoms with van der Waals surface area (Å²) in [5, 5.41) is -0.296. The van der Waals surface area contributed by atoms with Gasteiger partial charge in [0.05, 0.1) is 28.4 Å². The number of fused-ring (bicyclic) bond motifs is 1. The lowest BCUT2D eigenvalue weighted by Crippen LogP contribution is -2.16. The fourth-order valence-electron chi connectivity index (χ4n) is 3.57. The van der Waals surface area contributed by atoms with Crippen molar-refractivity contribution in [1.82, 2.24) is 0 Å². The van der Waals surface area contributed by atoms with Crippen molar-refractivity contribution in [2.24, 2.45) is 0 Å². The lowest BCUT2D eigenvalue weighted by molar-refractivity contribution is -0.133. The predicted octanol–water partition coefficient (Wildman–Crippen LogP) is 3.27. The van der Waals surface area contributed by atoms with Gasteiger partial charge in [0.1, 0.15) is 11.0 Å². The molecule has 3 aromatic rings. The van der Waals surface area contributed by atoms with E-state index in [4.69, 9.17) is 37.6 Å². The van der Waals surface area contributed by atoms with Crippen LogP contribution in [0.2, 0.25) is 0 Å². The van der Waals surface area contributed by atoms with Crippen LogP contribution in [0.15, 0.2) is 27.4 Å². The molecule has 0 saturated heterocycles. The maximum Gasteiger partial charge on any atom is 0.308 e. The standard InChI is InChI=1S/C25H24O12/c1-11(26)34-18-10-15-19(24(23(18)33-7)35-12(2)27)20(29)25(36-13(3)28)21(37-15)14-8-16(30-4)22(32-6)17(9-14)31-5/h8-10H,1-7H3. The van der Waals surface area contributed by atoms with Crippen LogP contribution in [-0.2, 0) is 14.4 Å². The predicted molar refractivity (Wildman–Crippen MR) is 128 cm³/mol. The second kappa shape index (κ2) is 10.9. The summed E-state index contributed by atoms with van der Waals surface area (Å²) in [7, 11) is 5.43. The molecule has 0 saturated carbocycles. The maximum absolute atomic E-state index is 13.7. The van der Waals surface area contributed by atoms with Crippen LogP contribution in [0.5, 0.6) is 40.2 Å². The largest absolute Gasteiger partial charge is 0.493 e. The Labute approximate surface area is 210 Å². The van der Waals surface area contributed by atoms with Crippen molar-refractivity contribution < 1.29 is 52.0 Å². The Morgan fingerprint density at radius 3 is 1.59 bits per heavy atom. The quantitative estimate of drug-likeness (QED) is 0.320. The van der Waals surface area contributed by atoms with Crippen LogP contribution < -0.4 is 38.6 Å². The Bertz CT molecular complexity index is 1430. The number of methoxy groups -OCH3 is 4. The Morgan fingerprint density at radius 2 is 1.14 bits per heavy atom. The fourth-order valence-corrected chi connectivity index (χ4v) is 3.57. The van der Waals surface area contributed by atoms with Crippen molar-refractivity contribution >= 4 is 28.9 Å². The van der Waals surface area contributed by atoms with E-state index in [1.54, 1.807) is 0 Å². The zero-order valence-corrected chi connectivity index (χ0v) is 21.1. The highest BCUT2D eigenvalue weighted by molar-refractivity contribution is 5.95. The van der Waals surface area contributed by atoms with Crippen molar-refractivity contribution in [3.8, 4) is 51.6 Å². The van der Waals surface area contributed by atoms with E-state index in [-0.39, 0.29) is 56.8 Å². The molecule has 12 nitrogen and oxygen atoms in total. The molecule has 0 aliphatic rings. The summed E-state index contributed by atoms with van der Waals surface area (Å²) in [6, 6.07) is 4.16. The van der Waals surface area contributed by atoms with Gasteiger partial charge in [-0.25, -0.2) is 0 Å². The van der Waals surface area contributed by atoms with Gasteiger partial charge in [-0.05, 0) is 12.1 Å². The minimum Gasteiger partial charge on any atom is -0.493 e. The number of carbonyl (C=O) groups is 3. The number of hydrogen-bond donors (Lipinski definition) is 0. The topological polar surface area (TPSA) is 146 Å². The third-order valence-corrected chi connectivity index (χ3v) is 4.89. The Hall–Kier alpha value is -4.74. The fraction of sp³-hybridized carbons (Fsp3) is 0.280. The first kappa shape index (κ1) is 26.9. The smallest absolute Gasteiger partial charge is 0.308 e. The first-order chi connectivity index (χ1) is 17.6. The van der Waals surface area contributed by atoms with Gasteiger partial charge in [0, 0.05) is 32.4 Å². The summed E-state index contributed by atoms with van der Waals surface area (Å²) >= 11 is 0. The van der Waals surface area contributed by atoms with Gasteiger partial charge >= 0.3 is 17.9 Å². The van der Waals surface area contributed by atoms with Gasteiger partial charge in [-0.1, -0.05) is 0 Å². The Kier molecular flexibility index (Phi) is 7.91. The highest BCUT2D eigenvalue weighted by Crippen LogP contribution is 2.47. The zero-order valence-electron chi connectivity index (χ0n) is 21.1. The van der Waals surface area contributed by atoms with Crippen LogP contribution in [0, 0.1) is 0 Å². The van der Waals surface area contributed by atoms with E-state index in [2.05, 4.69) is 0 Å². The van der Waals surface area contributed by atoms with E-state index in [9.17, 15) is 19.2 Å². The summed E-state index contributed by atoms with van der Waals surface area (Å²) in [6.45, 7) is 3.35. The van der Waals surface area contributed by atoms with E-state index >= 15 is 0 Å². The molecule has 196 valence electrons. The van der Waals surface area contributed by atoms with Crippen LogP contribution in [-0.4, -0.2) is 46.3 Å². The summed E-state index contributed by atoms with van der Waals surface area (Å²) in [5.41, 5.74) is -0.828. The van der Waals surface area contributed by atoms with E-state index < -0.39 is 29.1 Å². The number of rotatable bonds is 8. The number of esters is 3. The molecule has 0 spiro atoms. The van der Waals surface area contributed by atoms with Crippen molar-refractivity contribution in [2.75, 3.05) is 28.4 Å². The maximum atomic E-state index is 13.7. The summed E-state index contributed by atoms with van der Waals surface area (Å²) < 4.78 is 43.0. The second-order valence-corrected chi connectivity index (χ2v) is 7.39. The van der Waals surface area contributed by atoms with Gasteiger partial charge < -0.3 is 37.6 Å². The summed E-state index contributed by atoms with van der Waals surface area (Å²) in [5.74, 6) is -3.11. The third kappa shape index (κ3) is 5.27. The van der Waals surface area contributed by atoms with Gasteiger partial charge in [0.15, 0.2) is 28.8 Å². The first-order valence-electron chi connectivity index (χ1n) is 10.6. The van der Waals surface area contributed by atoms with E-state index in [0.717, 1.165) is 20.8 Å². The zero-order chi connectivity index (χ0) is 27.4. The van der Waals surface area contributed by atoms with Crippen molar-refractivity contribution in [1.29, 1.82) is 0 Å². The average molecular weight is 516 g/mol. The van der Waals surface area contributed by atoms with Gasteiger partial charge in [-0.3, -0.25) is 19.2 Å². The van der Waals surface area contributed by atoms with E-state index in [0.29, 0.717) is 0 Å². The Morgan fingerprint density at radius 1 is 0.622 bits per heavy atom. The Balaban J connectivity index is 2.52. The molecule has 0 N–H and O–H groups in total. The van der Waals surface area contributed by atoms with Crippen LogP contribution in [0.3, 0.4) is 0 Å². The molecular weight excluding hydrogens is 492 g/mol. The van der Waals surface area contributed by atoms with Crippen molar-refractivity contribution in [2.45, 2.75) is 20.8 Å². The van der Waals surface area contributed by atoms with Gasteiger partial charge in [-0.2, -0.15) is 0 Å². The van der Waals surface area contributed by atoms with Crippen molar-refractivity contribution in [3.05, 3.63) is 28.4 Å². The monoisotopic (exact) mass is 516 g/mol. The van der Waals surface area contributed by atoms with Crippen molar-refractivity contribution in [3.63, 3.8) is 0 Å². The molecule has 0 aliphatic carbocycles. The molecular formula is C25H24O12. The molecule has 0 unspecified atom stereocenters. The van der Waals surface area contributed by atoms with Gasteiger partial charge in [-0.15, -0.1) is 0 Å². The SMILES string of the molecule is COc1cc(-c2oc3cc(OC(C)=O)c(OC)c(OC(C)=O)c3c(=O)c2OC(C)=O)cc(OC)c1OC. The van der Waals surface area contributed by atoms with Crippen LogP contribution >= 0.6 is 0 Å². The summed E-state index contributed by atoms with van der Waals surface area (Å²) in [6.07, 6.45) is 0. The molecule has 3 rings (SSSR count). The molecule has 0 aliphatic heterocycles. The lowest BCUT2D eigenvalue weighted by Gasteiger charge is -2.17. The van der Waals surface area contributed by atoms with Gasteiger partial charge in [0.25, 0.3) is 0 Å². The second-order valence-electron chi connectivity index (χ2n) is 7.39. The molecule has 0 amide bonds. The third-order valence-electron chi connectivity index (χ3n) is 4.89. The molecule has 1 aromatic heterocycles. The highest BCUT2D eigenvalue weighted by Gasteiger charge is 2.29. The van der Waals surface area contributed by atoms with E-state index in [1.807, 2.05) is 0 Å². The molecule has 1 heterocycles. The molecule has 0 bridgehead atoms. The van der Waals surface area contributed by atoms with Crippen LogP contribution in [0.1, 0.15) is 20.8 Å². The number of carbonyl (C=O) groups excluding carboxylic acids is 3. The van der Waals surface area contributed by atoms with E-state index in [1.165, 1.54) is 46.6 Å². The molecule has 12 heteroatoms. The molecule has 0 radical (unpaired) electrons. The minimum absolute atomic E-state index is 0.169.